The van der Waals surface area contributed by atoms with Crippen LogP contribution in [0.2, 0.25) is 0 Å². The molecule has 1 spiro atoms. The van der Waals surface area contributed by atoms with E-state index in [2.05, 4.69) is 10.00 Å². The highest BCUT2D eigenvalue weighted by atomic mass is 19.1. The van der Waals surface area contributed by atoms with Gasteiger partial charge in [0.05, 0.1) is 17.8 Å². The third-order valence-corrected chi connectivity index (χ3v) is 8.27. The number of allylic oxidation sites excluding steroid dienone is 1. The molecule has 6 rings (SSSR count). The minimum atomic E-state index is -0.874. The second kappa shape index (κ2) is 7.23. The maximum Gasteiger partial charge on any atom is 0.150 e. The summed E-state index contributed by atoms with van der Waals surface area (Å²) in [6.07, 6.45) is 6.46. The molecule has 1 aliphatic carbocycles. The number of para-hydroxylation sites is 1. The zero-order valence-electron chi connectivity index (χ0n) is 19.6. The van der Waals surface area contributed by atoms with E-state index >= 15 is 8.78 Å². The molecule has 0 amide bonds. The predicted octanol–water partition coefficient (Wildman–Crippen LogP) is 4.29. The van der Waals surface area contributed by atoms with E-state index in [1.807, 2.05) is 63.6 Å². The third-order valence-electron chi connectivity index (χ3n) is 8.27. The van der Waals surface area contributed by atoms with Gasteiger partial charge in [0.25, 0.3) is 0 Å². The Morgan fingerprint density at radius 2 is 1.85 bits per heavy atom. The standard InChI is InChI=1S/C27H28F2N4O/c1-26(10-6-8-23-20(26)16-32(3)30-23)17-13-21(28)18(22(29)14-17)15-33-24-9-5-4-7-19(24)27(25(33)34)11-12-31(27)2/h4-9,13-14,16,25,34H,10-12,15H2,1-3H3. The fraction of sp³-hybridized carbons (Fsp3) is 0.370. The van der Waals surface area contributed by atoms with Crippen molar-refractivity contribution in [2.75, 3.05) is 18.5 Å². The lowest BCUT2D eigenvalue weighted by atomic mass is 9.71. The Hall–Kier alpha value is -3.03. The number of fused-ring (bicyclic) bond motifs is 3. The quantitative estimate of drug-likeness (QED) is 0.631. The van der Waals surface area contributed by atoms with Crippen LogP contribution in [0.1, 0.15) is 47.7 Å². The summed E-state index contributed by atoms with van der Waals surface area (Å²) in [5.41, 5.74) is 3.09. The van der Waals surface area contributed by atoms with Crippen molar-refractivity contribution in [2.24, 2.45) is 7.05 Å². The minimum Gasteiger partial charge on any atom is -0.371 e. The number of aliphatic hydroxyl groups is 1. The number of likely N-dealkylation sites (N-methyl/N-ethyl adjacent to an activating group) is 1. The molecule has 5 nitrogen and oxygen atoms in total. The molecule has 0 saturated carbocycles. The third kappa shape index (κ3) is 2.74. The van der Waals surface area contributed by atoms with Crippen molar-refractivity contribution >= 4 is 11.8 Å². The van der Waals surface area contributed by atoms with Crippen molar-refractivity contribution in [1.29, 1.82) is 0 Å². The number of hydrogen-bond acceptors (Lipinski definition) is 4. The highest BCUT2D eigenvalue weighted by molar-refractivity contribution is 5.65. The molecule has 3 aromatic rings. The number of aryl methyl sites for hydroxylation is 1. The molecule has 1 saturated heterocycles. The summed E-state index contributed by atoms with van der Waals surface area (Å²) in [5, 5.41) is 15.8. The summed E-state index contributed by atoms with van der Waals surface area (Å²) in [4.78, 5) is 3.85. The number of hydrogen-bond donors (Lipinski definition) is 1. The minimum absolute atomic E-state index is 0.0296. The zero-order valence-corrected chi connectivity index (χ0v) is 19.6. The van der Waals surface area contributed by atoms with Gasteiger partial charge >= 0.3 is 0 Å². The Labute approximate surface area is 197 Å². The zero-order chi connectivity index (χ0) is 23.8. The largest absolute Gasteiger partial charge is 0.371 e. The Morgan fingerprint density at radius 3 is 2.53 bits per heavy atom. The van der Waals surface area contributed by atoms with Crippen molar-refractivity contribution in [3.05, 3.63) is 88.3 Å². The molecule has 0 bridgehead atoms. The van der Waals surface area contributed by atoms with Crippen molar-refractivity contribution in [3.63, 3.8) is 0 Å². The maximum atomic E-state index is 15.5. The van der Waals surface area contributed by atoms with E-state index in [-0.39, 0.29) is 12.1 Å². The molecule has 7 heteroatoms. The van der Waals surface area contributed by atoms with E-state index in [0.717, 1.165) is 35.5 Å². The molecule has 1 N–H and O–H groups in total. The topological polar surface area (TPSA) is 44.5 Å². The van der Waals surface area contributed by atoms with Crippen LogP contribution in [0.5, 0.6) is 0 Å². The number of anilines is 1. The molecular weight excluding hydrogens is 434 g/mol. The summed E-state index contributed by atoms with van der Waals surface area (Å²) < 4.78 is 32.8. The molecule has 3 atom stereocenters. The molecule has 3 aliphatic rings. The van der Waals surface area contributed by atoms with Gasteiger partial charge in [-0.2, -0.15) is 5.10 Å². The molecule has 3 unspecified atom stereocenters. The second-order valence-electron chi connectivity index (χ2n) is 10.1. The Morgan fingerprint density at radius 1 is 1.12 bits per heavy atom. The van der Waals surface area contributed by atoms with Gasteiger partial charge in [-0.3, -0.25) is 9.58 Å². The van der Waals surface area contributed by atoms with Crippen molar-refractivity contribution < 1.29 is 13.9 Å². The molecule has 3 heterocycles. The van der Waals surface area contributed by atoms with E-state index in [9.17, 15) is 5.11 Å². The molecule has 34 heavy (non-hydrogen) atoms. The van der Waals surface area contributed by atoms with Crippen LogP contribution in [0.15, 0.2) is 48.7 Å². The van der Waals surface area contributed by atoms with Gasteiger partial charge in [-0.15, -0.1) is 0 Å². The molecule has 176 valence electrons. The lowest BCUT2D eigenvalue weighted by Gasteiger charge is -2.51. The SMILES string of the molecule is CN1CCC12c1ccccc1N(Cc1c(F)cc(C3(C)CC=Cc4nn(C)cc43)cc1F)C2O. The smallest absolute Gasteiger partial charge is 0.150 e. The second-order valence-corrected chi connectivity index (χ2v) is 10.1. The highest BCUT2D eigenvalue weighted by Crippen LogP contribution is 2.53. The van der Waals surface area contributed by atoms with Gasteiger partial charge in [0.1, 0.15) is 17.9 Å². The summed E-state index contributed by atoms with van der Waals surface area (Å²) in [7, 11) is 3.83. The number of nitrogens with zero attached hydrogens (tertiary/aromatic N) is 4. The number of benzene rings is 2. The number of halogens is 2. The molecule has 1 aromatic heterocycles. The highest BCUT2D eigenvalue weighted by Gasteiger charge is 2.57. The van der Waals surface area contributed by atoms with E-state index in [4.69, 9.17) is 0 Å². The van der Waals surface area contributed by atoms with Gasteiger partial charge in [0, 0.05) is 47.6 Å². The van der Waals surface area contributed by atoms with Crippen LogP contribution in [0.3, 0.4) is 0 Å². The van der Waals surface area contributed by atoms with Crippen molar-refractivity contribution in [2.45, 2.75) is 43.5 Å². The molecule has 2 aromatic carbocycles. The van der Waals surface area contributed by atoms with Gasteiger partial charge in [-0.25, -0.2) is 8.78 Å². The first-order chi connectivity index (χ1) is 16.3. The van der Waals surface area contributed by atoms with Gasteiger partial charge in [-0.05, 0) is 49.7 Å². The number of likely N-dealkylation sites (tertiary alicyclic amines) is 1. The fourth-order valence-corrected chi connectivity index (χ4v) is 6.12. The van der Waals surface area contributed by atoms with Crippen molar-refractivity contribution in [3.8, 4) is 0 Å². The molecular formula is C27H28F2N4O. The van der Waals surface area contributed by atoms with Crippen LogP contribution in [0.25, 0.3) is 6.08 Å². The van der Waals surface area contributed by atoms with Crippen LogP contribution >= 0.6 is 0 Å². The maximum absolute atomic E-state index is 15.5. The number of aliphatic hydroxyl groups excluding tert-OH is 1. The monoisotopic (exact) mass is 462 g/mol. The molecule has 2 aliphatic heterocycles. The summed E-state index contributed by atoms with van der Waals surface area (Å²) in [6, 6.07) is 10.7. The van der Waals surface area contributed by atoms with Gasteiger partial charge in [0.15, 0.2) is 0 Å². The van der Waals surface area contributed by atoms with Crippen LogP contribution in [-0.4, -0.2) is 39.6 Å². The van der Waals surface area contributed by atoms with Gasteiger partial charge < -0.3 is 10.0 Å². The summed E-state index contributed by atoms with van der Waals surface area (Å²) in [6.45, 7) is 2.84. The predicted molar refractivity (Wildman–Crippen MR) is 127 cm³/mol. The fourth-order valence-electron chi connectivity index (χ4n) is 6.12. The van der Waals surface area contributed by atoms with Crippen LogP contribution in [-0.2, 0) is 24.5 Å². The van der Waals surface area contributed by atoms with Crippen molar-refractivity contribution in [1.82, 2.24) is 14.7 Å². The first-order valence-electron chi connectivity index (χ1n) is 11.7. The van der Waals surface area contributed by atoms with Crippen LogP contribution in [0, 0.1) is 11.6 Å². The average Bonchev–Trinajstić information content (AvgIpc) is 3.31. The lowest BCUT2D eigenvalue weighted by molar-refractivity contribution is -0.0834. The summed E-state index contributed by atoms with van der Waals surface area (Å²) >= 11 is 0. The number of rotatable bonds is 3. The van der Waals surface area contributed by atoms with Gasteiger partial charge in [0.2, 0.25) is 0 Å². The molecule has 0 radical (unpaired) electrons. The summed E-state index contributed by atoms with van der Waals surface area (Å²) in [5.74, 6) is -1.19. The van der Waals surface area contributed by atoms with E-state index in [1.54, 1.807) is 9.58 Å². The first kappa shape index (κ1) is 21.5. The van der Waals surface area contributed by atoms with E-state index < -0.39 is 28.8 Å². The average molecular weight is 463 g/mol. The van der Waals surface area contributed by atoms with Crippen LogP contribution < -0.4 is 4.90 Å². The Balaban J connectivity index is 1.38. The number of aromatic nitrogens is 2. The van der Waals surface area contributed by atoms with E-state index in [1.165, 1.54) is 12.1 Å². The first-order valence-corrected chi connectivity index (χ1v) is 11.7. The Bertz CT molecular complexity index is 1310. The van der Waals surface area contributed by atoms with Crippen LogP contribution in [0.4, 0.5) is 14.5 Å². The normalized spacial score (nSPS) is 27.7. The lowest BCUT2D eigenvalue weighted by Crippen LogP contribution is -2.62. The molecule has 1 fully saturated rings. The van der Waals surface area contributed by atoms with Gasteiger partial charge in [-0.1, -0.05) is 31.2 Å². The Kier molecular flexibility index (Phi) is 4.57. The van der Waals surface area contributed by atoms with E-state index in [0.29, 0.717) is 12.0 Å².